The number of nitrogens with zero attached hydrogens (tertiary/aromatic N) is 9. The fourth-order valence-corrected chi connectivity index (χ4v) is 13.4. The van der Waals surface area contributed by atoms with Gasteiger partial charge in [0.25, 0.3) is 17.7 Å². The molecule has 19 nitrogen and oxygen atoms in total. The number of carbonyl (C=O) groups is 7. The van der Waals surface area contributed by atoms with Gasteiger partial charge in [-0.05, 0) is 146 Å². The summed E-state index contributed by atoms with van der Waals surface area (Å²) >= 11 is 0. The largest absolute Gasteiger partial charge is 0.369 e. The van der Waals surface area contributed by atoms with Gasteiger partial charge in [0.05, 0.1) is 46.3 Å². The van der Waals surface area contributed by atoms with Gasteiger partial charge in [0.15, 0.2) is 5.82 Å². The number of anilines is 4. The number of halogens is 1. The summed E-state index contributed by atoms with van der Waals surface area (Å²) in [5, 5.41) is 8.43. The summed E-state index contributed by atoms with van der Waals surface area (Å²) in [5.41, 5.74) is 5.94. The Morgan fingerprint density at radius 3 is 2.26 bits per heavy atom. The first kappa shape index (κ1) is 53.1. The van der Waals surface area contributed by atoms with Crippen LogP contribution >= 0.6 is 0 Å². The Kier molecular flexibility index (Phi) is 13.8. The summed E-state index contributed by atoms with van der Waals surface area (Å²) in [5.74, 6) is -2.51. The lowest BCUT2D eigenvalue weighted by atomic mass is 9.73. The molecule has 0 bridgehead atoms. The molecule has 1 saturated carbocycles. The molecule has 3 aromatic carbocycles. The number of pyridine rings is 1. The van der Waals surface area contributed by atoms with Crippen LogP contribution in [-0.2, 0) is 24.6 Å². The molecule has 1 aliphatic carbocycles. The number of nitrogens with one attached hydrogen (secondary N) is 3. The number of benzene rings is 3. The Morgan fingerprint density at radius 1 is 0.812 bits per heavy atom. The van der Waals surface area contributed by atoms with Crippen LogP contribution in [0.5, 0.6) is 0 Å². The molecular formula is C60H69FN12O7. The number of piperidine rings is 3. The van der Waals surface area contributed by atoms with Crippen LogP contribution in [-0.4, -0.2) is 159 Å². The third-order valence-corrected chi connectivity index (χ3v) is 17.9. The number of aromatic nitrogens is 3. The number of rotatable bonds is 12. The minimum Gasteiger partial charge on any atom is -0.369 e. The molecule has 3 N–H and O–H groups in total. The molecule has 7 aliphatic rings. The minimum absolute atomic E-state index is 0.00491. The molecule has 418 valence electrons. The van der Waals surface area contributed by atoms with Gasteiger partial charge in [-0.15, -0.1) is 0 Å². The number of imidazole rings is 1. The highest BCUT2D eigenvalue weighted by molar-refractivity contribution is 6.24. The van der Waals surface area contributed by atoms with Crippen molar-refractivity contribution in [3.05, 3.63) is 94.6 Å². The van der Waals surface area contributed by atoms with E-state index in [1.165, 1.54) is 31.4 Å². The molecule has 1 atom stereocenters. The fraction of sp³-hybridized carbons (Fsp3) is 0.483. The summed E-state index contributed by atoms with van der Waals surface area (Å²) in [4.78, 5) is 116. The molecule has 4 saturated heterocycles. The first-order valence-electron chi connectivity index (χ1n) is 28.5. The molecule has 8 heterocycles. The molecule has 20 heteroatoms. The van der Waals surface area contributed by atoms with E-state index < -0.39 is 40.9 Å². The van der Waals surface area contributed by atoms with Gasteiger partial charge in [-0.25, -0.2) is 14.4 Å². The standard InChI is InChI=1S/C60H69FN12O7/c1-34(2)63-55(76)42-30-47(45(61)25-36(42)5)65-54-53-48(62-33-71(53)35(3)4)31-46(64-54)37-9-12-44-50(26-37)72(40-27-39(28-40)68-17-7-6-8-18-68)59(80)60(44)15-19-70(20-16-60)52(75)32-67-21-23-69(24-22-67)38-10-11-41-43(29-38)58(79)73(57(41)78)49-13-14-51(74)66-56(49)77/h9-12,25-26,29-31,33-35,39-40,49H,6-8,13-24,27-28,32H2,1-5H3,(H,63,76)(H,64,65)(H,66,74,77)/t39?,40?,49-/m1/s1. The second kappa shape index (κ2) is 20.8. The fourth-order valence-electron chi connectivity index (χ4n) is 13.4. The lowest BCUT2D eigenvalue weighted by molar-refractivity contribution is -0.137. The van der Waals surface area contributed by atoms with Crippen molar-refractivity contribution in [1.82, 2.24) is 44.8 Å². The first-order valence-corrected chi connectivity index (χ1v) is 28.5. The highest BCUT2D eigenvalue weighted by Gasteiger charge is 2.56. The zero-order valence-electron chi connectivity index (χ0n) is 46.1. The molecule has 7 amide bonds. The Balaban J connectivity index is 0.764. The van der Waals surface area contributed by atoms with Crippen LogP contribution in [0.4, 0.5) is 27.3 Å². The zero-order valence-corrected chi connectivity index (χ0v) is 46.1. The van der Waals surface area contributed by atoms with Gasteiger partial charge in [0.1, 0.15) is 17.4 Å². The van der Waals surface area contributed by atoms with Crippen LogP contribution in [0.3, 0.4) is 0 Å². The average molecular weight is 1090 g/mol. The summed E-state index contributed by atoms with van der Waals surface area (Å²) in [6.45, 7) is 15.2. The van der Waals surface area contributed by atoms with Gasteiger partial charge in [0, 0.05) is 92.4 Å². The monoisotopic (exact) mass is 1090 g/mol. The van der Waals surface area contributed by atoms with E-state index in [-0.39, 0.29) is 72.0 Å². The van der Waals surface area contributed by atoms with Gasteiger partial charge in [-0.1, -0.05) is 18.6 Å². The van der Waals surface area contributed by atoms with Crippen LogP contribution in [0.25, 0.3) is 22.3 Å². The number of likely N-dealkylation sites (tertiary alicyclic amines) is 2. The maximum atomic E-state index is 15.9. The van der Waals surface area contributed by atoms with Crippen LogP contribution in [0.1, 0.15) is 134 Å². The predicted octanol–water partition coefficient (Wildman–Crippen LogP) is 6.46. The summed E-state index contributed by atoms with van der Waals surface area (Å²) < 4.78 is 17.9. The number of piperazine rings is 1. The molecule has 1 spiro atoms. The lowest BCUT2D eigenvalue weighted by Gasteiger charge is -2.48. The highest BCUT2D eigenvalue weighted by Crippen LogP contribution is 2.52. The van der Waals surface area contributed by atoms with Crippen molar-refractivity contribution in [2.45, 2.75) is 128 Å². The number of imide groups is 2. The van der Waals surface area contributed by atoms with Crippen molar-refractivity contribution in [3.63, 3.8) is 0 Å². The number of hydrogen-bond acceptors (Lipinski definition) is 13. The van der Waals surface area contributed by atoms with Gasteiger partial charge < -0.3 is 34.8 Å². The minimum atomic E-state index is -1.04. The number of hydrogen-bond donors (Lipinski definition) is 3. The summed E-state index contributed by atoms with van der Waals surface area (Å²) in [6, 6.07) is 15.4. The quantitative estimate of drug-likeness (QED) is 0.115. The Bertz CT molecular complexity index is 3380. The number of fused-ring (bicyclic) bond motifs is 4. The van der Waals surface area contributed by atoms with E-state index in [2.05, 4.69) is 47.7 Å². The van der Waals surface area contributed by atoms with Gasteiger partial charge >= 0.3 is 0 Å². The van der Waals surface area contributed by atoms with Crippen LogP contribution in [0, 0.1) is 12.7 Å². The van der Waals surface area contributed by atoms with Crippen LogP contribution in [0.2, 0.25) is 0 Å². The molecule has 80 heavy (non-hydrogen) atoms. The van der Waals surface area contributed by atoms with Crippen molar-refractivity contribution in [2.24, 2.45) is 0 Å². The maximum Gasteiger partial charge on any atom is 0.262 e. The maximum absolute atomic E-state index is 15.9. The van der Waals surface area contributed by atoms with E-state index in [4.69, 9.17) is 9.97 Å². The Labute approximate surface area is 464 Å². The normalized spacial score (nSPS) is 22.4. The first-order chi connectivity index (χ1) is 38.5. The Morgan fingerprint density at radius 2 is 1.55 bits per heavy atom. The topological polar surface area (TPSA) is 206 Å². The molecule has 5 aromatic rings. The number of amides is 7. The average Bonchev–Trinajstić information content (AvgIpc) is 4.25. The van der Waals surface area contributed by atoms with Crippen molar-refractivity contribution < 1.29 is 38.0 Å². The van der Waals surface area contributed by atoms with E-state index in [0.717, 1.165) is 53.3 Å². The number of carbonyl (C=O) groups excluding carboxylic acids is 7. The molecular weight excluding hydrogens is 1020 g/mol. The molecule has 0 unspecified atom stereocenters. The number of aryl methyl sites for hydroxylation is 1. The second-order valence-electron chi connectivity index (χ2n) is 23.6. The highest BCUT2D eigenvalue weighted by atomic mass is 19.1. The summed E-state index contributed by atoms with van der Waals surface area (Å²) in [6.07, 6.45) is 8.28. The van der Waals surface area contributed by atoms with Gasteiger partial charge in [0.2, 0.25) is 23.6 Å². The van der Waals surface area contributed by atoms with E-state index in [9.17, 15) is 28.8 Å². The smallest absolute Gasteiger partial charge is 0.262 e. The van der Waals surface area contributed by atoms with Crippen molar-refractivity contribution >= 4 is 75.3 Å². The third-order valence-electron chi connectivity index (χ3n) is 17.9. The van der Waals surface area contributed by atoms with E-state index in [1.54, 1.807) is 25.4 Å². The lowest BCUT2D eigenvalue weighted by Crippen LogP contribution is -2.58. The summed E-state index contributed by atoms with van der Waals surface area (Å²) in [7, 11) is 0. The molecule has 0 radical (unpaired) electrons. The molecule has 12 rings (SSSR count). The van der Waals surface area contributed by atoms with Crippen LogP contribution < -0.4 is 25.8 Å². The van der Waals surface area contributed by atoms with E-state index in [1.807, 2.05) is 55.4 Å². The third kappa shape index (κ3) is 9.36. The Hall–Kier alpha value is -7.58. The van der Waals surface area contributed by atoms with Crippen LogP contribution in [0.15, 0.2) is 60.9 Å². The van der Waals surface area contributed by atoms with Crippen molar-refractivity contribution in [2.75, 3.05) is 74.0 Å². The van der Waals surface area contributed by atoms with Crippen molar-refractivity contribution in [3.8, 4) is 11.3 Å². The zero-order chi connectivity index (χ0) is 55.9. The van der Waals surface area contributed by atoms with E-state index >= 15 is 9.18 Å². The van der Waals surface area contributed by atoms with Gasteiger partial charge in [-0.3, -0.25) is 48.7 Å². The van der Waals surface area contributed by atoms with E-state index in [0.29, 0.717) is 91.8 Å². The molecule has 2 aromatic heterocycles. The van der Waals surface area contributed by atoms with Crippen molar-refractivity contribution in [1.29, 1.82) is 0 Å². The second-order valence-corrected chi connectivity index (χ2v) is 23.6. The SMILES string of the molecule is Cc1cc(F)c(Nc2nc(-c3ccc4c(c3)N(C3CC(N5CCCCC5)C3)C(=O)C43CCN(C(=O)CN4CCN(c5ccc6c(c5)C(=O)N([C@@H]5CCC(=O)NC5=O)C6=O)CC4)CC3)cc3ncn(C(C)C)c23)cc1C(=O)NC(C)C. The van der Waals surface area contributed by atoms with Gasteiger partial charge in [-0.2, -0.15) is 0 Å². The molecule has 5 fully saturated rings. The molecule has 6 aliphatic heterocycles. The predicted molar refractivity (Wildman–Crippen MR) is 299 cm³/mol.